The van der Waals surface area contributed by atoms with Crippen molar-refractivity contribution < 1.29 is 9.53 Å². The second-order valence-corrected chi connectivity index (χ2v) is 7.26. The first kappa shape index (κ1) is 14.8. The first-order valence-corrected chi connectivity index (χ1v) is 8.93. The zero-order chi connectivity index (χ0) is 15.8. The molecule has 7 heteroatoms. The SMILES string of the molecule is NC(=O)CC1COCCN1c1ncnc2sc3c(c12)CCCC3. The van der Waals surface area contributed by atoms with Gasteiger partial charge in [0.15, 0.2) is 0 Å². The molecule has 1 fully saturated rings. The van der Waals surface area contributed by atoms with Crippen LogP contribution in [-0.2, 0) is 22.4 Å². The summed E-state index contributed by atoms with van der Waals surface area (Å²) in [6, 6.07) is -0.0431. The predicted molar refractivity (Wildman–Crippen MR) is 89.8 cm³/mol. The number of ether oxygens (including phenoxy) is 1. The van der Waals surface area contributed by atoms with Crippen LogP contribution in [0.2, 0.25) is 0 Å². The molecule has 1 amide bonds. The van der Waals surface area contributed by atoms with Crippen LogP contribution in [0.15, 0.2) is 6.33 Å². The molecule has 2 N–H and O–H groups in total. The summed E-state index contributed by atoms with van der Waals surface area (Å²) in [5, 5.41) is 1.18. The molecule has 122 valence electrons. The minimum atomic E-state index is -0.303. The molecular formula is C16H20N4O2S. The molecule has 2 aliphatic rings. The monoisotopic (exact) mass is 332 g/mol. The van der Waals surface area contributed by atoms with E-state index in [9.17, 15) is 4.79 Å². The molecule has 2 aromatic rings. The number of fused-ring (bicyclic) bond motifs is 3. The molecule has 3 heterocycles. The summed E-state index contributed by atoms with van der Waals surface area (Å²) in [4.78, 5) is 25.2. The van der Waals surface area contributed by atoms with Gasteiger partial charge < -0.3 is 15.4 Å². The number of hydrogen-bond donors (Lipinski definition) is 1. The Morgan fingerprint density at radius 3 is 3.13 bits per heavy atom. The molecule has 1 atom stereocenters. The Balaban J connectivity index is 1.80. The number of carbonyl (C=O) groups is 1. The standard InChI is InChI=1S/C16H20N4O2S/c17-13(21)7-10-8-22-6-5-20(10)15-14-11-3-1-2-4-12(11)23-16(14)19-9-18-15/h9-10H,1-8H2,(H2,17,21). The van der Waals surface area contributed by atoms with Crippen molar-refractivity contribution in [1.82, 2.24) is 9.97 Å². The Kier molecular flexibility index (Phi) is 3.90. The molecular weight excluding hydrogens is 312 g/mol. The number of carbonyl (C=O) groups excluding carboxylic acids is 1. The topological polar surface area (TPSA) is 81.3 Å². The molecule has 23 heavy (non-hydrogen) atoms. The summed E-state index contributed by atoms with van der Waals surface area (Å²) in [7, 11) is 0. The van der Waals surface area contributed by atoms with Gasteiger partial charge in [-0.15, -0.1) is 11.3 Å². The van der Waals surface area contributed by atoms with Crippen LogP contribution in [0.1, 0.15) is 29.7 Å². The third-order valence-electron chi connectivity index (χ3n) is 4.67. The zero-order valence-corrected chi connectivity index (χ0v) is 13.8. The normalized spacial score (nSPS) is 21.4. The number of hydrogen-bond acceptors (Lipinski definition) is 6. The van der Waals surface area contributed by atoms with Crippen LogP contribution in [0.5, 0.6) is 0 Å². The number of thiophene rings is 1. The molecule has 0 radical (unpaired) electrons. The highest BCUT2D eigenvalue weighted by Gasteiger charge is 2.29. The predicted octanol–water partition coefficient (Wildman–Crippen LogP) is 1.65. The molecule has 0 spiro atoms. The van der Waals surface area contributed by atoms with Crippen LogP contribution in [-0.4, -0.2) is 41.7 Å². The van der Waals surface area contributed by atoms with Gasteiger partial charge in [-0.25, -0.2) is 9.97 Å². The van der Waals surface area contributed by atoms with Crippen LogP contribution in [0.4, 0.5) is 5.82 Å². The Morgan fingerprint density at radius 1 is 1.39 bits per heavy atom. The van der Waals surface area contributed by atoms with Gasteiger partial charge in [0, 0.05) is 17.8 Å². The molecule has 4 rings (SSSR count). The number of nitrogens with two attached hydrogens (primary N) is 1. The fourth-order valence-corrected chi connectivity index (χ4v) is 4.85. The number of aryl methyl sites for hydroxylation is 2. The van der Waals surface area contributed by atoms with E-state index in [4.69, 9.17) is 10.5 Å². The van der Waals surface area contributed by atoms with Crippen molar-refractivity contribution >= 4 is 33.3 Å². The molecule has 1 saturated heterocycles. The summed E-state index contributed by atoms with van der Waals surface area (Å²) in [6.45, 7) is 1.89. The maximum absolute atomic E-state index is 11.4. The first-order chi connectivity index (χ1) is 11.2. The second kappa shape index (κ2) is 6.05. The third kappa shape index (κ3) is 2.68. The summed E-state index contributed by atoms with van der Waals surface area (Å²) in [5.74, 6) is 0.645. The van der Waals surface area contributed by atoms with Gasteiger partial charge in [-0.2, -0.15) is 0 Å². The molecule has 0 bridgehead atoms. The summed E-state index contributed by atoms with van der Waals surface area (Å²) in [6.07, 6.45) is 6.64. The average molecular weight is 332 g/mol. The van der Waals surface area contributed by atoms with Gasteiger partial charge in [0.25, 0.3) is 0 Å². The molecule has 1 aliphatic carbocycles. The van der Waals surface area contributed by atoms with Crippen LogP contribution < -0.4 is 10.6 Å². The summed E-state index contributed by atoms with van der Waals surface area (Å²) >= 11 is 1.79. The van der Waals surface area contributed by atoms with Gasteiger partial charge in [-0.05, 0) is 31.2 Å². The smallest absolute Gasteiger partial charge is 0.219 e. The fraction of sp³-hybridized carbons (Fsp3) is 0.562. The quantitative estimate of drug-likeness (QED) is 0.924. The first-order valence-electron chi connectivity index (χ1n) is 8.12. The van der Waals surface area contributed by atoms with Crippen molar-refractivity contribution in [3.8, 4) is 0 Å². The summed E-state index contributed by atoms with van der Waals surface area (Å²) < 4.78 is 5.55. The number of amides is 1. The molecule has 0 saturated carbocycles. The van der Waals surface area contributed by atoms with Crippen molar-refractivity contribution in [2.75, 3.05) is 24.7 Å². The van der Waals surface area contributed by atoms with E-state index in [1.807, 2.05) is 0 Å². The van der Waals surface area contributed by atoms with Crippen molar-refractivity contribution in [3.63, 3.8) is 0 Å². The van der Waals surface area contributed by atoms with Crippen LogP contribution in [0, 0.1) is 0 Å². The number of anilines is 1. The minimum Gasteiger partial charge on any atom is -0.377 e. The van der Waals surface area contributed by atoms with E-state index in [2.05, 4.69) is 14.9 Å². The zero-order valence-electron chi connectivity index (χ0n) is 13.0. The van der Waals surface area contributed by atoms with Gasteiger partial charge in [0.2, 0.25) is 5.91 Å². The Labute approximate surface area is 138 Å². The highest BCUT2D eigenvalue weighted by Crippen LogP contribution is 2.40. The average Bonchev–Trinajstić information content (AvgIpc) is 2.93. The molecule has 1 aliphatic heterocycles. The molecule has 2 aromatic heterocycles. The van der Waals surface area contributed by atoms with Gasteiger partial charge in [-0.3, -0.25) is 4.79 Å². The van der Waals surface area contributed by atoms with E-state index >= 15 is 0 Å². The van der Waals surface area contributed by atoms with Gasteiger partial charge in [0.05, 0.1) is 24.6 Å². The Morgan fingerprint density at radius 2 is 2.26 bits per heavy atom. The molecule has 1 unspecified atom stereocenters. The number of aromatic nitrogens is 2. The van der Waals surface area contributed by atoms with Gasteiger partial charge >= 0.3 is 0 Å². The second-order valence-electron chi connectivity index (χ2n) is 6.18. The van der Waals surface area contributed by atoms with E-state index in [-0.39, 0.29) is 18.4 Å². The highest BCUT2D eigenvalue weighted by molar-refractivity contribution is 7.19. The van der Waals surface area contributed by atoms with Crippen LogP contribution >= 0.6 is 11.3 Å². The Hall–Kier alpha value is -1.73. The van der Waals surface area contributed by atoms with E-state index in [0.29, 0.717) is 13.2 Å². The fourth-order valence-electron chi connectivity index (χ4n) is 3.63. The van der Waals surface area contributed by atoms with E-state index < -0.39 is 0 Å². The van der Waals surface area contributed by atoms with E-state index in [1.54, 1.807) is 17.7 Å². The Bertz CT molecular complexity index is 745. The van der Waals surface area contributed by atoms with Crippen LogP contribution in [0.25, 0.3) is 10.2 Å². The van der Waals surface area contributed by atoms with Crippen LogP contribution in [0.3, 0.4) is 0 Å². The van der Waals surface area contributed by atoms with Crippen molar-refractivity contribution in [2.24, 2.45) is 5.73 Å². The van der Waals surface area contributed by atoms with E-state index in [1.165, 1.54) is 28.7 Å². The lowest BCUT2D eigenvalue weighted by molar-refractivity contribution is -0.118. The lowest BCUT2D eigenvalue weighted by Gasteiger charge is -2.36. The number of rotatable bonds is 3. The number of nitrogens with zero attached hydrogens (tertiary/aromatic N) is 3. The highest BCUT2D eigenvalue weighted by atomic mass is 32.1. The summed E-state index contributed by atoms with van der Waals surface area (Å²) in [5.41, 5.74) is 6.83. The largest absolute Gasteiger partial charge is 0.377 e. The number of primary amides is 1. The van der Waals surface area contributed by atoms with Crippen molar-refractivity contribution in [3.05, 3.63) is 16.8 Å². The van der Waals surface area contributed by atoms with Crippen molar-refractivity contribution in [1.29, 1.82) is 0 Å². The van der Waals surface area contributed by atoms with E-state index in [0.717, 1.165) is 30.0 Å². The third-order valence-corrected chi connectivity index (χ3v) is 5.87. The molecule has 0 aromatic carbocycles. The maximum atomic E-state index is 11.4. The minimum absolute atomic E-state index is 0.0431. The lowest BCUT2D eigenvalue weighted by Crippen LogP contribution is -2.47. The van der Waals surface area contributed by atoms with Gasteiger partial charge in [-0.1, -0.05) is 0 Å². The molecule has 6 nitrogen and oxygen atoms in total. The lowest BCUT2D eigenvalue weighted by atomic mass is 9.96. The maximum Gasteiger partial charge on any atom is 0.219 e. The number of morpholine rings is 1. The van der Waals surface area contributed by atoms with Crippen molar-refractivity contribution in [2.45, 2.75) is 38.1 Å². The van der Waals surface area contributed by atoms with Gasteiger partial charge in [0.1, 0.15) is 17.0 Å².